The van der Waals surface area contributed by atoms with E-state index in [0.29, 0.717) is 17.4 Å². The number of anilines is 1. The molecule has 0 aliphatic carbocycles. The highest BCUT2D eigenvalue weighted by Gasteiger charge is 2.18. The van der Waals surface area contributed by atoms with Crippen molar-refractivity contribution in [1.82, 2.24) is 10.1 Å². The van der Waals surface area contributed by atoms with Crippen LogP contribution in [0.4, 0.5) is 5.69 Å². The minimum atomic E-state index is -0.163. The van der Waals surface area contributed by atoms with E-state index >= 15 is 0 Å². The molecule has 1 aromatic heterocycles. The lowest BCUT2D eigenvalue weighted by atomic mass is 10.1. The SMILES string of the molecule is CCC(OC)c1noc(-c2cc3ccccc3cc2N)n1. The molecule has 1 heterocycles. The minimum absolute atomic E-state index is 0.163. The summed E-state index contributed by atoms with van der Waals surface area (Å²) in [7, 11) is 1.63. The quantitative estimate of drug-likeness (QED) is 0.741. The molecule has 0 fully saturated rings. The average Bonchev–Trinajstić information content (AvgIpc) is 2.97. The smallest absolute Gasteiger partial charge is 0.260 e. The Morgan fingerprint density at radius 2 is 1.95 bits per heavy atom. The van der Waals surface area contributed by atoms with Crippen LogP contribution in [0.1, 0.15) is 25.3 Å². The Morgan fingerprint density at radius 3 is 2.62 bits per heavy atom. The molecule has 2 aromatic carbocycles. The zero-order valence-corrected chi connectivity index (χ0v) is 12.0. The lowest BCUT2D eigenvalue weighted by Crippen LogP contribution is -2.01. The summed E-state index contributed by atoms with van der Waals surface area (Å²) in [6.07, 6.45) is 0.618. The Balaban J connectivity index is 2.06. The van der Waals surface area contributed by atoms with Gasteiger partial charge in [0.1, 0.15) is 6.10 Å². The van der Waals surface area contributed by atoms with Crippen LogP contribution in [0.2, 0.25) is 0 Å². The summed E-state index contributed by atoms with van der Waals surface area (Å²) in [6.45, 7) is 2.01. The van der Waals surface area contributed by atoms with E-state index in [9.17, 15) is 0 Å². The van der Waals surface area contributed by atoms with Gasteiger partial charge in [-0.15, -0.1) is 0 Å². The molecule has 1 unspecified atom stereocenters. The number of benzene rings is 2. The van der Waals surface area contributed by atoms with E-state index in [0.717, 1.165) is 22.8 Å². The largest absolute Gasteiger partial charge is 0.398 e. The molecule has 0 radical (unpaired) electrons. The summed E-state index contributed by atoms with van der Waals surface area (Å²) in [5.41, 5.74) is 7.48. The lowest BCUT2D eigenvalue weighted by molar-refractivity contribution is 0.0903. The van der Waals surface area contributed by atoms with Crippen molar-refractivity contribution >= 4 is 16.5 Å². The molecule has 5 heteroatoms. The summed E-state index contributed by atoms with van der Waals surface area (Å²) >= 11 is 0. The first kappa shape index (κ1) is 13.6. The molecule has 1 atom stereocenters. The van der Waals surface area contributed by atoms with Crippen molar-refractivity contribution in [3.8, 4) is 11.5 Å². The number of nitrogen functional groups attached to an aromatic ring is 1. The standard InChI is InChI=1S/C16H17N3O2/c1-3-14(20-2)15-18-16(21-19-15)12-8-10-6-4-5-7-11(10)9-13(12)17/h4-9,14H,3,17H2,1-2H3. The Bertz CT molecular complexity index is 763. The van der Waals surface area contributed by atoms with Crippen LogP contribution < -0.4 is 5.73 Å². The number of hydrogen-bond acceptors (Lipinski definition) is 5. The monoisotopic (exact) mass is 283 g/mol. The molecular formula is C16H17N3O2. The van der Waals surface area contributed by atoms with E-state index in [2.05, 4.69) is 10.1 Å². The maximum Gasteiger partial charge on any atom is 0.260 e. The van der Waals surface area contributed by atoms with E-state index in [1.807, 2.05) is 43.3 Å². The molecule has 3 aromatic rings. The Labute approximate surface area is 122 Å². The van der Waals surface area contributed by atoms with Crippen LogP contribution in [0.25, 0.3) is 22.2 Å². The van der Waals surface area contributed by atoms with Gasteiger partial charge in [0, 0.05) is 12.8 Å². The van der Waals surface area contributed by atoms with Crippen molar-refractivity contribution in [3.05, 3.63) is 42.2 Å². The first-order valence-electron chi connectivity index (χ1n) is 6.88. The van der Waals surface area contributed by atoms with Crippen LogP contribution in [0.5, 0.6) is 0 Å². The fraction of sp³-hybridized carbons (Fsp3) is 0.250. The fourth-order valence-electron chi connectivity index (χ4n) is 2.37. The minimum Gasteiger partial charge on any atom is -0.398 e. The molecule has 108 valence electrons. The van der Waals surface area contributed by atoms with E-state index in [4.69, 9.17) is 15.0 Å². The van der Waals surface area contributed by atoms with Gasteiger partial charge < -0.3 is 15.0 Å². The second-order valence-electron chi connectivity index (χ2n) is 4.88. The normalized spacial score (nSPS) is 12.7. The van der Waals surface area contributed by atoms with Crippen molar-refractivity contribution in [3.63, 3.8) is 0 Å². The third-order valence-electron chi connectivity index (χ3n) is 3.53. The summed E-state index contributed by atoms with van der Waals surface area (Å²) in [6, 6.07) is 11.9. The maximum absolute atomic E-state index is 6.11. The summed E-state index contributed by atoms with van der Waals surface area (Å²) < 4.78 is 10.7. The molecule has 5 nitrogen and oxygen atoms in total. The number of nitrogens with zero attached hydrogens (tertiary/aromatic N) is 2. The Morgan fingerprint density at radius 1 is 1.24 bits per heavy atom. The molecule has 3 rings (SSSR count). The summed E-state index contributed by atoms with van der Waals surface area (Å²) in [5.74, 6) is 0.964. The molecular weight excluding hydrogens is 266 g/mol. The molecule has 2 N–H and O–H groups in total. The number of methoxy groups -OCH3 is 1. The topological polar surface area (TPSA) is 74.2 Å². The second kappa shape index (κ2) is 5.54. The van der Waals surface area contributed by atoms with Gasteiger partial charge in [0.15, 0.2) is 0 Å². The van der Waals surface area contributed by atoms with Gasteiger partial charge in [-0.3, -0.25) is 0 Å². The zero-order chi connectivity index (χ0) is 14.8. The fourth-order valence-corrected chi connectivity index (χ4v) is 2.37. The van der Waals surface area contributed by atoms with Crippen LogP contribution >= 0.6 is 0 Å². The van der Waals surface area contributed by atoms with Gasteiger partial charge in [-0.1, -0.05) is 36.3 Å². The first-order valence-corrected chi connectivity index (χ1v) is 6.88. The van der Waals surface area contributed by atoms with Crippen LogP contribution in [-0.2, 0) is 4.74 Å². The van der Waals surface area contributed by atoms with Gasteiger partial charge in [-0.2, -0.15) is 4.98 Å². The number of hydrogen-bond donors (Lipinski definition) is 1. The third kappa shape index (κ3) is 2.48. The third-order valence-corrected chi connectivity index (χ3v) is 3.53. The van der Waals surface area contributed by atoms with Gasteiger partial charge in [0.05, 0.1) is 5.56 Å². The molecule has 0 aliphatic heterocycles. The first-order chi connectivity index (χ1) is 10.2. The van der Waals surface area contributed by atoms with Crippen molar-refractivity contribution in [2.75, 3.05) is 12.8 Å². The Hall–Kier alpha value is -2.40. The summed E-state index contributed by atoms with van der Waals surface area (Å²) in [4.78, 5) is 4.41. The molecule has 21 heavy (non-hydrogen) atoms. The van der Waals surface area contributed by atoms with Crippen molar-refractivity contribution in [2.45, 2.75) is 19.4 Å². The van der Waals surface area contributed by atoms with Crippen LogP contribution in [0.3, 0.4) is 0 Å². The molecule has 0 saturated carbocycles. The number of rotatable bonds is 4. The molecule has 0 saturated heterocycles. The van der Waals surface area contributed by atoms with Gasteiger partial charge >= 0.3 is 0 Å². The molecule has 0 aliphatic rings. The van der Waals surface area contributed by atoms with E-state index in [-0.39, 0.29) is 6.10 Å². The predicted octanol–water partition coefficient (Wildman–Crippen LogP) is 3.57. The maximum atomic E-state index is 6.11. The van der Waals surface area contributed by atoms with Gasteiger partial charge in [-0.25, -0.2) is 0 Å². The molecule has 0 bridgehead atoms. The lowest BCUT2D eigenvalue weighted by Gasteiger charge is -2.06. The van der Waals surface area contributed by atoms with Crippen LogP contribution in [-0.4, -0.2) is 17.3 Å². The highest BCUT2D eigenvalue weighted by atomic mass is 16.5. The van der Waals surface area contributed by atoms with Crippen LogP contribution in [0.15, 0.2) is 40.9 Å². The molecule has 0 spiro atoms. The van der Waals surface area contributed by atoms with Gasteiger partial charge in [0.2, 0.25) is 5.82 Å². The van der Waals surface area contributed by atoms with Gasteiger partial charge in [-0.05, 0) is 29.3 Å². The highest BCUT2D eigenvalue weighted by Crippen LogP contribution is 2.30. The Kier molecular flexibility index (Phi) is 3.58. The predicted molar refractivity (Wildman–Crippen MR) is 81.7 cm³/mol. The van der Waals surface area contributed by atoms with Crippen molar-refractivity contribution in [1.29, 1.82) is 0 Å². The van der Waals surface area contributed by atoms with Gasteiger partial charge in [0.25, 0.3) is 5.89 Å². The average molecular weight is 283 g/mol. The van der Waals surface area contributed by atoms with Crippen molar-refractivity contribution in [2.24, 2.45) is 0 Å². The van der Waals surface area contributed by atoms with Crippen molar-refractivity contribution < 1.29 is 9.26 Å². The van der Waals surface area contributed by atoms with E-state index in [1.165, 1.54) is 0 Å². The van der Waals surface area contributed by atoms with E-state index < -0.39 is 0 Å². The summed E-state index contributed by atoms with van der Waals surface area (Å²) in [5, 5.41) is 6.16. The zero-order valence-electron chi connectivity index (χ0n) is 12.0. The molecule has 0 amide bonds. The highest BCUT2D eigenvalue weighted by molar-refractivity contribution is 5.92. The second-order valence-corrected chi connectivity index (χ2v) is 4.88. The van der Waals surface area contributed by atoms with Crippen LogP contribution in [0, 0.1) is 0 Å². The number of ether oxygens (including phenoxy) is 1. The number of nitrogens with two attached hydrogens (primary N) is 1. The van der Waals surface area contributed by atoms with E-state index in [1.54, 1.807) is 7.11 Å². The number of fused-ring (bicyclic) bond motifs is 1. The number of aromatic nitrogens is 2.